The van der Waals surface area contributed by atoms with Gasteiger partial charge >= 0.3 is 0 Å². The van der Waals surface area contributed by atoms with Gasteiger partial charge in [0.05, 0.1) is 27.3 Å². The van der Waals surface area contributed by atoms with Crippen molar-refractivity contribution in [2.75, 3.05) is 11.4 Å². The number of halogens is 2. The summed E-state index contributed by atoms with van der Waals surface area (Å²) in [4.78, 5) is 42.7. The Morgan fingerprint density at radius 1 is 1.17 bits per heavy atom. The molecule has 2 aromatic rings. The van der Waals surface area contributed by atoms with Gasteiger partial charge in [-0.2, -0.15) is 0 Å². The molecule has 2 atom stereocenters. The largest absolute Gasteiger partial charge is 0.346 e. The van der Waals surface area contributed by atoms with Gasteiger partial charge in [-0.1, -0.05) is 41.4 Å². The third-order valence-corrected chi connectivity index (χ3v) is 6.58. The van der Waals surface area contributed by atoms with E-state index in [0.29, 0.717) is 27.8 Å². The molecule has 8 heteroatoms. The average molecular weight is 446 g/mol. The molecule has 0 unspecified atom stereocenters. The first-order chi connectivity index (χ1) is 14.3. The minimum atomic E-state index is -1.39. The number of likely N-dealkylation sites (N-methyl/N-ethyl adjacent to an activating group) is 1. The van der Waals surface area contributed by atoms with Crippen molar-refractivity contribution in [3.8, 4) is 0 Å². The van der Waals surface area contributed by atoms with E-state index >= 15 is 0 Å². The molecule has 156 valence electrons. The third kappa shape index (κ3) is 2.97. The van der Waals surface area contributed by atoms with E-state index in [9.17, 15) is 14.4 Å². The molecule has 0 spiro atoms. The van der Waals surface area contributed by atoms with Crippen LogP contribution in [0.4, 0.5) is 5.69 Å². The van der Waals surface area contributed by atoms with Crippen LogP contribution < -0.4 is 10.2 Å². The maximum absolute atomic E-state index is 13.6. The zero-order valence-electron chi connectivity index (χ0n) is 16.6. The van der Waals surface area contributed by atoms with E-state index in [4.69, 9.17) is 23.2 Å². The minimum Gasteiger partial charge on any atom is -0.346 e. The second-order valence-corrected chi connectivity index (χ2v) is 8.30. The summed E-state index contributed by atoms with van der Waals surface area (Å²) in [6, 6.07) is 11.7. The molecule has 3 amide bonds. The highest BCUT2D eigenvalue weighted by molar-refractivity contribution is 6.42. The predicted octanol–water partition coefficient (Wildman–Crippen LogP) is 4.17. The van der Waals surface area contributed by atoms with Crippen LogP contribution in [-0.4, -0.2) is 34.8 Å². The van der Waals surface area contributed by atoms with Crippen molar-refractivity contribution >= 4 is 46.6 Å². The number of hydrogen-bond donors (Lipinski definition) is 1. The first kappa shape index (κ1) is 20.7. The number of hydrogen-bond acceptors (Lipinski definition) is 3. The molecule has 0 radical (unpaired) electrons. The fourth-order valence-corrected chi connectivity index (χ4v) is 4.69. The van der Waals surface area contributed by atoms with E-state index in [1.54, 1.807) is 42.5 Å². The van der Waals surface area contributed by atoms with Crippen LogP contribution in [0.3, 0.4) is 0 Å². The topological polar surface area (TPSA) is 69.7 Å². The number of para-hydroxylation sites is 1. The van der Waals surface area contributed by atoms with Gasteiger partial charge in [-0.25, -0.2) is 0 Å². The Morgan fingerprint density at radius 2 is 1.90 bits per heavy atom. The lowest BCUT2D eigenvalue weighted by Crippen LogP contribution is -2.70. The van der Waals surface area contributed by atoms with Crippen LogP contribution in [0.5, 0.6) is 0 Å². The van der Waals surface area contributed by atoms with E-state index in [2.05, 4.69) is 5.32 Å². The predicted molar refractivity (Wildman–Crippen MR) is 116 cm³/mol. The lowest BCUT2D eigenvalue weighted by atomic mass is 9.95. The lowest BCUT2D eigenvalue weighted by Gasteiger charge is -2.49. The maximum Gasteiger partial charge on any atom is 0.267 e. The number of amides is 3. The minimum absolute atomic E-state index is 0.175. The van der Waals surface area contributed by atoms with Gasteiger partial charge in [0.15, 0.2) is 0 Å². The molecule has 4 rings (SSSR count). The number of anilines is 1. The van der Waals surface area contributed by atoms with E-state index in [1.165, 1.54) is 9.80 Å². The van der Waals surface area contributed by atoms with Crippen LogP contribution >= 0.6 is 23.2 Å². The Kier molecular flexibility index (Phi) is 5.24. The van der Waals surface area contributed by atoms with Gasteiger partial charge in [-0.05, 0) is 43.7 Å². The quantitative estimate of drug-likeness (QED) is 0.767. The van der Waals surface area contributed by atoms with Gasteiger partial charge in [-0.3, -0.25) is 19.3 Å². The van der Waals surface area contributed by atoms with E-state index < -0.39 is 17.6 Å². The first-order valence-electron chi connectivity index (χ1n) is 9.81. The van der Waals surface area contributed by atoms with E-state index in [1.807, 2.05) is 13.8 Å². The van der Waals surface area contributed by atoms with Crippen LogP contribution in [0.1, 0.15) is 48.7 Å². The molecule has 6 nitrogen and oxygen atoms in total. The molecule has 0 saturated carbocycles. The number of rotatable bonds is 4. The van der Waals surface area contributed by atoms with E-state index in [0.717, 1.165) is 5.56 Å². The van der Waals surface area contributed by atoms with Crippen LogP contribution in [0.15, 0.2) is 42.5 Å². The highest BCUT2D eigenvalue weighted by Crippen LogP contribution is 2.44. The SMILES string of the molecule is CCN1C(=O)c2ccccc2N2C(=O)CC[C@@]12C(=O)N[C@@H](C)c1ccc(Cl)c(Cl)c1. The van der Waals surface area contributed by atoms with Gasteiger partial charge in [0.25, 0.3) is 11.8 Å². The molecule has 30 heavy (non-hydrogen) atoms. The standard InChI is InChI=1S/C22H21Cl2N3O3/c1-3-26-20(29)15-6-4-5-7-18(15)27-19(28)10-11-22(26,27)21(30)25-13(2)14-8-9-16(23)17(24)12-14/h4-9,12-13H,3,10-11H2,1-2H3,(H,25,30)/t13-,22+/m0/s1. The lowest BCUT2D eigenvalue weighted by molar-refractivity contribution is -0.134. The molecule has 1 saturated heterocycles. The number of fused-ring (bicyclic) bond motifs is 3. The highest BCUT2D eigenvalue weighted by Gasteiger charge is 2.60. The van der Waals surface area contributed by atoms with Gasteiger partial charge in [-0.15, -0.1) is 0 Å². The van der Waals surface area contributed by atoms with Crippen molar-refractivity contribution in [3.05, 3.63) is 63.6 Å². The molecule has 1 N–H and O–H groups in total. The van der Waals surface area contributed by atoms with Crippen LogP contribution in [0, 0.1) is 0 Å². The molecule has 2 aliphatic rings. The van der Waals surface area contributed by atoms with Gasteiger partial charge in [0.1, 0.15) is 0 Å². The van der Waals surface area contributed by atoms with Crippen molar-refractivity contribution in [2.45, 2.75) is 38.4 Å². The molecular formula is C22H21Cl2N3O3. The number of nitrogens with one attached hydrogen (secondary N) is 1. The smallest absolute Gasteiger partial charge is 0.267 e. The second-order valence-electron chi connectivity index (χ2n) is 7.48. The molecule has 0 aliphatic carbocycles. The molecule has 2 aliphatic heterocycles. The van der Waals surface area contributed by atoms with Gasteiger partial charge in [0, 0.05) is 19.4 Å². The number of benzene rings is 2. The van der Waals surface area contributed by atoms with Crippen LogP contribution in [0.2, 0.25) is 10.0 Å². The van der Waals surface area contributed by atoms with Gasteiger partial charge < -0.3 is 10.2 Å². The summed E-state index contributed by atoms with van der Waals surface area (Å²) in [7, 11) is 0. The van der Waals surface area contributed by atoms with Crippen molar-refractivity contribution in [1.82, 2.24) is 10.2 Å². The van der Waals surface area contributed by atoms with Crippen molar-refractivity contribution in [2.24, 2.45) is 0 Å². The summed E-state index contributed by atoms with van der Waals surface area (Å²) in [5.74, 6) is -0.821. The summed E-state index contributed by atoms with van der Waals surface area (Å²) in [5, 5.41) is 3.80. The molecule has 2 heterocycles. The number of carbonyl (C=O) groups is 3. The second kappa shape index (κ2) is 7.60. The zero-order chi connectivity index (χ0) is 21.6. The Bertz CT molecular complexity index is 1060. The summed E-state index contributed by atoms with van der Waals surface area (Å²) >= 11 is 12.1. The average Bonchev–Trinajstić information content (AvgIpc) is 3.08. The first-order valence-corrected chi connectivity index (χ1v) is 10.6. The highest BCUT2D eigenvalue weighted by atomic mass is 35.5. The van der Waals surface area contributed by atoms with Crippen LogP contribution in [0.25, 0.3) is 0 Å². The summed E-state index contributed by atoms with van der Waals surface area (Å²) in [6.45, 7) is 3.93. The third-order valence-electron chi connectivity index (χ3n) is 5.84. The van der Waals surface area contributed by atoms with Crippen molar-refractivity contribution < 1.29 is 14.4 Å². The number of nitrogens with zero attached hydrogens (tertiary/aromatic N) is 2. The summed E-state index contributed by atoms with van der Waals surface area (Å²) in [6.07, 6.45) is 0.423. The monoisotopic (exact) mass is 445 g/mol. The Balaban J connectivity index is 1.75. The maximum atomic E-state index is 13.6. The molecule has 2 aromatic carbocycles. The fraction of sp³-hybridized carbons (Fsp3) is 0.318. The van der Waals surface area contributed by atoms with E-state index in [-0.39, 0.29) is 24.7 Å². The Labute approximate surface area is 184 Å². The zero-order valence-corrected chi connectivity index (χ0v) is 18.1. The molecular weight excluding hydrogens is 425 g/mol. The fourth-order valence-electron chi connectivity index (χ4n) is 4.38. The Morgan fingerprint density at radius 3 is 2.60 bits per heavy atom. The van der Waals surface area contributed by atoms with Crippen molar-refractivity contribution in [3.63, 3.8) is 0 Å². The molecule has 0 aromatic heterocycles. The van der Waals surface area contributed by atoms with Gasteiger partial charge in [0.2, 0.25) is 11.6 Å². The summed E-state index contributed by atoms with van der Waals surface area (Å²) in [5.41, 5.74) is 0.292. The summed E-state index contributed by atoms with van der Waals surface area (Å²) < 4.78 is 0. The van der Waals surface area contributed by atoms with Crippen molar-refractivity contribution in [1.29, 1.82) is 0 Å². The number of carbonyl (C=O) groups excluding carboxylic acids is 3. The van der Waals surface area contributed by atoms with Crippen LogP contribution in [-0.2, 0) is 9.59 Å². The normalized spacial score (nSPS) is 21.3. The molecule has 0 bridgehead atoms. The molecule has 1 fully saturated rings. The Hall–Kier alpha value is -2.57.